The molecule has 0 bridgehead atoms. The maximum Gasteiger partial charge on any atom is 0.0651 e. The first-order valence-electron chi connectivity index (χ1n) is 18.8. The van der Waals surface area contributed by atoms with Crippen molar-refractivity contribution in [3.05, 3.63) is 188 Å². The van der Waals surface area contributed by atoms with Gasteiger partial charge >= 0.3 is 0 Å². The van der Waals surface area contributed by atoms with Gasteiger partial charge < -0.3 is 4.90 Å². The molecule has 0 spiro atoms. The van der Waals surface area contributed by atoms with Gasteiger partial charge in [-0.05, 0) is 97.3 Å². The van der Waals surface area contributed by atoms with Gasteiger partial charge in [0.05, 0.1) is 11.0 Å². The molecule has 0 saturated carbocycles. The largest absolute Gasteiger partial charge is 0.310 e. The van der Waals surface area contributed by atoms with Gasteiger partial charge in [0.1, 0.15) is 0 Å². The molecule has 0 heterocycles. The van der Waals surface area contributed by atoms with E-state index in [0.29, 0.717) is 16.8 Å². The van der Waals surface area contributed by atoms with Gasteiger partial charge in [0, 0.05) is 17.1 Å². The Kier molecular flexibility index (Phi) is 5.01. The Balaban J connectivity index is 1.40. The summed E-state index contributed by atoms with van der Waals surface area (Å²) in [6.45, 7) is 0. The van der Waals surface area contributed by atoms with Crippen LogP contribution in [-0.2, 0) is 0 Å². The van der Waals surface area contributed by atoms with E-state index in [9.17, 15) is 5.48 Å². The van der Waals surface area contributed by atoms with E-state index in [1.54, 1.807) is 42.5 Å². The van der Waals surface area contributed by atoms with E-state index in [-0.39, 0.29) is 58.8 Å². The third-order valence-electron chi connectivity index (χ3n) is 8.00. The first-order valence-corrected chi connectivity index (χ1v) is 14.8. The number of hydrogen-bond donors (Lipinski definition) is 0. The van der Waals surface area contributed by atoms with Crippen molar-refractivity contribution in [2.24, 2.45) is 0 Å². The maximum atomic E-state index is 9.66. The summed E-state index contributed by atoms with van der Waals surface area (Å²) in [7, 11) is 0. The normalized spacial score (nSPS) is 13.6. The van der Waals surface area contributed by atoms with Gasteiger partial charge in [-0.1, -0.05) is 145 Å². The third kappa shape index (κ3) is 5.26. The van der Waals surface area contributed by atoms with Crippen LogP contribution in [0, 0.1) is 0 Å². The summed E-state index contributed by atoms with van der Waals surface area (Å²) in [6, 6.07) is 40.7. The van der Waals surface area contributed by atoms with Crippen molar-refractivity contribution in [1.82, 2.24) is 0 Å². The molecule has 0 fully saturated rings. The van der Waals surface area contributed by atoms with Crippen molar-refractivity contribution in [3.8, 4) is 33.4 Å². The minimum Gasteiger partial charge on any atom is -0.310 e. The second-order valence-electron chi connectivity index (χ2n) is 10.8. The Bertz CT molecular complexity index is 2680. The average Bonchev–Trinajstić information content (AvgIpc) is 3.19. The molecule has 0 aliphatic heterocycles. The smallest absolute Gasteiger partial charge is 0.0651 e. The zero-order chi connectivity index (χ0) is 37.0. The zero-order valence-electron chi connectivity index (χ0n) is 32.2. The van der Waals surface area contributed by atoms with E-state index in [0.717, 1.165) is 32.7 Å². The van der Waals surface area contributed by atoms with Gasteiger partial charge in [-0.3, -0.25) is 0 Å². The highest BCUT2D eigenvalue weighted by Gasteiger charge is 2.15. The van der Waals surface area contributed by atoms with E-state index in [1.807, 2.05) is 84.9 Å². The molecule has 0 N–H and O–H groups in total. The quantitative estimate of drug-likeness (QED) is 0.189. The van der Waals surface area contributed by atoms with Crippen LogP contribution in [-0.4, -0.2) is 0 Å². The predicted octanol–water partition coefficient (Wildman–Crippen LogP) is 12.5. The lowest BCUT2D eigenvalue weighted by Gasteiger charge is -2.26. The van der Waals surface area contributed by atoms with Crippen LogP contribution in [0.3, 0.4) is 0 Å². The van der Waals surface area contributed by atoms with E-state index in [2.05, 4.69) is 12.1 Å². The molecule has 8 rings (SSSR count). The molecule has 0 unspecified atom stereocenters. The van der Waals surface area contributed by atoms with Gasteiger partial charge in [-0.15, -0.1) is 0 Å². The minimum absolute atomic E-state index is 0.124. The van der Waals surface area contributed by atoms with Crippen molar-refractivity contribution in [3.63, 3.8) is 0 Å². The van der Waals surface area contributed by atoms with Crippen molar-refractivity contribution in [1.29, 1.82) is 0 Å². The van der Waals surface area contributed by atoms with Crippen LogP contribution in [0.2, 0.25) is 0 Å². The molecule has 8 aromatic carbocycles. The monoisotopic (exact) mass is 581 g/mol. The van der Waals surface area contributed by atoms with Crippen LogP contribution in [0.4, 0.5) is 17.1 Å². The summed E-state index contributed by atoms with van der Waals surface area (Å²) in [5.41, 5.74) is 3.25. The van der Waals surface area contributed by atoms with Gasteiger partial charge in [-0.2, -0.15) is 0 Å². The predicted molar refractivity (Wildman–Crippen MR) is 192 cm³/mol. The molecule has 1 nitrogen and oxygen atoms in total. The molecular weight excluding hydrogens is 542 g/mol. The Labute approximate surface area is 275 Å². The molecule has 0 radical (unpaired) electrons. The van der Waals surface area contributed by atoms with Crippen molar-refractivity contribution >= 4 is 38.6 Å². The van der Waals surface area contributed by atoms with E-state index < -0.39 is 12.1 Å². The Morgan fingerprint density at radius 2 is 1.04 bits per heavy atom. The summed E-state index contributed by atoms with van der Waals surface area (Å²) < 4.78 is 73.8. The molecule has 1 heteroatoms. The zero-order valence-corrected chi connectivity index (χ0v) is 24.2. The number of fused-ring (bicyclic) bond motifs is 2. The number of rotatable bonds is 6. The second-order valence-corrected chi connectivity index (χ2v) is 10.8. The molecule has 0 saturated heterocycles. The lowest BCUT2D eigenvalue weighted by molar-refractivity contribution is 1.28. The average molecular weight is 582 g/mol. The molecule has 0 aromatic heterocycles. The summed E-state index contributed by atoms with van der Waals surface area (Å²) in [6.07, 6.45) is 0. The molecule has 212 valence electrons. The fraction of sp³-hybridized carbons (Fsp3) is 0. The summed E-state index contributed by atoms with van der Waals surface area (Å²) in [5.74, 6) is 0. The highest BCUT2D eigenvalue weighted by Crippen LogP contribution is 2.39. The molecule has 45 heavy (non-hydrogen) atoms. The summed E-state index contributed by atoms with van der Waals surface area (Å²) in [5, 5.41) is 3.83. The van der Waals surface area contributed by atoms with Crippen LogP contribution in [0.15, 0.2) is 188 Å². The lowest BCUT2D eigenvalue weighted by Crippen LogP contribution is -2.10. The first-order chi connectivity index (χ1) is 25.7. The third-order valence-corrected chi connectivity index (χ3v) is 8.00. The van der Waals surface area contributed by atoms with Gasteiger partial charge in [0.25, 0.3) is 0 Å². The van der Waals surface area contributed by atoms with E-state index in [4.69, 9.17) is 5.48 Å². The second kappa shape index (κ2) is 11.6. The van der Waals surface area contributed by atoms with Crippen molar-refractivity contribution < 1.29 is 11.0 Å². The van der Waals surface area contributed by atoms with Gasteiger partial charge in [0.2, 0.25) is 0 Å². The summed E-state index contributed by atoms with van der Waals surface area (Å²) >= 11 is 0. The molecule has 0 aliphatic rings. The number of hydrogen-bond acceptors (Lipinski definition) is 1. The fourth-order valence-electron chi connectivity index (χ4n) is 5.73. The summed E-state index contributed by atoms with van der Waals surface area (Å²) in [4.78, 5) is 1.39. The molecule has 0 aliphatic carbocycles. The fourth-order valence-corrected chi connectivity index (χ4v) is 5.73. The lowest BCUT2D eigenvalue weighted by atomic mass is 9.97. The van der Waals surface area contributed by atoms with Gasteiger partial charge in [-0.25, -0.2) is 0 Å². The van der Waals surface area contributed by atoms with Crippen molar-refractivity contribution in [2.45, 2.75) is 0 Å². The number of benzene rings is 8. The van der Waals surface area contributed by atoms with Crippen LogP contribution >= 0.6 is 0 Å². The Morgan fingerprint density at radius 1 is 0.378 bits per heavy atom. The maximum absolute atomic E-state index is 9.66. The SMILES string of the molecule is [2H]c1c([2H])c(-c2cccc3ccccc23)c([2H])c(N(c2ccc(-c3ccc4ccccc4c3)cc2)c2c([2H])c([2H])c(-c3ccccc3)c([2H])c2[2H])c1[2H]. The highest BCUT2D eigenvalue weighted by atomic mass is 15.1. The van der Waals surface area contributed by atoms with Gasteiger partial charge in [0.15, 0.2) is 0 Å². The number of nitrogens with zero attached hydrogens (tertiary/aromatic N) is 1. The molecule has 8 aromatic rings. The Hall–Kier alpha value is -5.92. The van der Waals surface area contributed by atoms with E-state index >= 15 is 0 Å². The molecular formula is C44H31N. The number of anilines is 3. The Morgan fingerprint density at radius 3 is 1.87 bits per heavy atom. The van der Waals surface area contributed by atoms with E-state index in [1.165, 1.54) is 4.90 Å². The first kappa shape index (κ1) is 19.4. The molecule has 0 atom stereocenters. The van der Waals surface area contributed by atoms with Crippen LogP contribution < -0.4 is 4.90 Å². The van der Waals surface area contributed by atoms with Crippen LogP contribution in [0.25, 0.3) is 54.9 Å². The topological polar surface area (TPSA) is 3.24 Å². The van der Waals surface area contributed by atoms with Crippen LogP contribution in [0.5, 0.6) is 0 Å². The minimum atomic E-state index is -0.438. The molecule has 0 amide bonds. The van der Waals surface area contributed by atoms with Crippen LogP contribution in [0.1, 0.15) is 11.0 Å². The van der Waals surface area contributed by atoms with Crippen molar-refractivity contribution in [2.75, 3.05) is 4.90 Å². The standard InChI is InChI=1S/C44H31N/c1-2-10-32(11-3-1)34-22-26-40(27-23-34)45(41-28-24-35(25-29-41)38-21-20-33-12-4-5-14-37(33)30-38)42-17-8-16-39(31-42)44-19-9-15-36-13-6-7-18-43(36)44/h1-31H/i8D,16D,17D,22D,23D,26D,27D,31D. The highest BCUT2D eigenvalue weighted by molar-refractivity contribution is 5.97.